The third-order valence-corrected chi connectivity index (χ3v) is 3.14. The molecule has 88 valence electrons. The van der Waals surface area contributed by atoms with Gasteiger partial charge in [0.05, 0.1) is 21.4 Å². The second kappa shape index (κ2) is 5.81. The van der Waals surface area contributed by atoms with E-state index in [1.165, 1.54) is 7.11 Å². The number of hydrogen-bond donors (Lipinski definition) is 0. The number of Topliss-reactive ketones (excluding diaryl/α,β-unsaturated/α-hetero) is 1. The van der Waals surface area contributed by atoms with Gasteiger partial charge in [-0.25, -0.2) is 8.78 Å². The number of halogens is 2. The Hall–Kier alpha value is -1.14. The molecule has 1 unspecified atom stereocenters. The highest BCUT2D eigenvalue weighted by Gasteiger charge is 2.14. The summed E-state index contributed by atoms with van der Waals surface area (Å²) in [6.07, 6.45) is 0. The molecule has 0 amide bonds. The molecule has 6 heteroatoms. The molecule has 0 aliphatic rings. The first kappa shape index (κ1) is 12.9. The van der Waals surface area contributed by atoms with E-state index in [9.17, 15) is 17.8 Å². The molecule has 0 heterocycles. The van der Waals surface area contributed by atoms with E-state index < -0.39 is 28.2 Å². The molecule has 0 aliphatic heterocycles. The molecule has 0 fully saturated rings. The van der Waals surface area contributed by atoms with Gasteiger partial charge < -0.3 is 4.74 Å². The molecule has 0 saturated carbocycles. The molecule has 0 radical (unpaired) electrons. The Kier molecular flexibility index (Phi) is 4.70. The molecule has 1 aromatic carbocycles. The molecule has 1 atom stereocenters. The van der Waals surface area contributed by atoms with E-state index in [0.29, 0.717) is 6.07 Å². The number of rotatable bonds is 5. The van der Waals surface area contributed by atoms with Crippen molar-refractivity contribution in [3.05, 3.63) is 29.8 Å². The van der Waals surface area contributed by atoms with Crippen molar-refractivity contribution in [1.29, 1.82) is 0 Å². The fourth-order valence-electron chi connectivity index (χ4n) is 1.09. The highest BCUT2D eigenvalue weighted by molar-refractivity contribution is 7.85. The lowest BCUT2D eigenvalue weighted by molar-refractivity contribution is -0.120. The smallest absolute Gasteiger partial charge is 0.171 e. The summed E-state index contributed by atoms with van der Waals surface area (Å²) in [4.78, 5) is 10.9. The maximum absolute atomic E-state index is 13.2. The van der Waals surface area contributed by atoms with Crippen molar-refractivity contribution in [2.45, 2.75) is 4.90 Å². The maximum atomic E-state index is 13.2. The lowest BCUT2D eigenvalue weighted by atomic mass is 10.3. The quantitative estimate of drug-likeness (QED) is 0.788. The summed E-state index contributed by atoms with van der Waals surface area (Å²) in [7, 11) is -0.473. The van der Waals surface area contributed by atoms with Crippen LogP contribution in [0.4, 0.5) is 8.78 Å². The van der Waals surface area contributed by atoms with Crippen LogP contribution < -0.4 is 0 Å². The third-order valence-electron chi connectivity index (χ3n) is 1.74. The average molecular weight is 248 g/mol. The van der Waals surface area contributed by atoms with Crippen LogP contribution in [0.1, 0.15) is 0 Å². The second-order valence-corrected chi connectivity index (χ2v) is 4.46. The van der Waals surface area contributed by atoms with E-state index in [1.807, 2.05) is 0 Å². The van der Waals surface area contributed by atoms with Crippen LogP contribution in [0, 0.1) is 11.6 Å². The minimum absolute atomic E-state index is 0.172. The summed E-state index contributed by atoms with van der Waals surface area (Å²) >= 11 is 0. The average Bonchev–Trinajstić information content (AvgIpc) is 2.17. The zero-order valence-corrected chi connectivity index (χ0v) is 9.35. The van der Waals surface area contributed by atoms with Crippen molar-refractivity contribution in [3.63, 3.8) is 0 Å². The van der Waals surface area contributed by atoms with Gasteiger partial charge in [-0.15, -0.1) is 0 Å². The first-order valence-corrected chi connectivity index (χ1v) is 5.70. The first-order chi connectivity index (χ1) is 7.54. The Morgan fingerprint density at radius 2 is 2.12 bits per heavy atom. The molecule has 16 heavy (non-hydrogen) atoms. The molecule has 0 N–H and O–H groups in total. The fraction of sp³-hybridized carbons (Fsp3) is 0.300. The van der Waals surface area contributed by atoms with Gasteiger partial charge in [-0.05, 0) is 12.1 Å². The van der Waals surface area contributed by atoms with E-state index in [-0.39, 0.29) is 17.3 Å². The largest absolute Gasteiger partial charge is 0.377 e. The Morgan fingerprint density at radius 1 is 1.44 bits per heavy atom. The predicted octanol–water partition coefficient (Wildman–Crippen LogP) is 1.29. The first-order valence-electron chi connectivity index (χ1n) is 4.38. The minimum Gasteiger partial charge on any atom is -0.377 e. The molecule has 0 aromatic heterocycles. The summed E-state index contributed by atoms with van der Waals surface area (Å²) in [5.74, 6) is -2.40. The lowest BCUT2D eigenvalue weighted by Gasteiger charge is -2.03. The predicted molar refractivity (Wildman–Crippen MR) is 54.5 cm³/mol. The van der Waals surface area contributed by atoms with Crippen LogP contribution >= 0.6 is 0 Å². The zero-order chi connectivity index (χ0) is 12.1. The molecule has 0 saturated heterocycles. The topological polar surface area (TPSA) is 43.4 Å². The highest BCUT2D eigenvalue weighted by atomic mass is 32.2. The van der Waals surface area contributed by atoms with Crippen molar-refractivity contribution in [2.24, 2.45) is 0 Å². The van der Waals surface area contributed by atoms with Crippen LogP contribution in [0.3, 0.4) is 0 Å². The van der Waals surface area contributed by atoms with Crippen LogP contribution in [0.2, 0.25) is 0 Å². The Morgan fingerprint density at radius 3 is 2.69 bits per heavy atom. The van der Waals surface area contributed by atoms with Crippen molar-refractivity contribution in [1.82, 2.24) is 0 Å². The second-order valence-electron chi connectivity index (χ2n) is 3.04. The SMILES string of the molecule is COCC(=O)CS(=O)c1ccc(F)cc1F. The van der Waals surface area contributed by atoms with Crippen molar-refractivity contribution in [2.75, 3.05) is 19.5 Å². The zero-order valence-electron chi connectivity index (χ0n) is 8.54. The number of ether oxygens (including phenoxy) is 1. The van der Waals surface area contributed by atoms with Crippen LogP contribution in [0.5, 0.6) is 0 Å². The molecule has 3 nitrogen and oxygen atoms in total. The molecule has 1 rings (SSSR count). The third kappa shape index (κ3) is 3.46. The van der Waals surface area contributed by atoms with Gasteiger partial charge in [0.15, 0.2) is 5.78 Å². The summed E-state index contributed by atoms with van der Waals surface area (Å²) in [6, 6.07) is 2.70. The fourth-order valence-corrected chi connectivity index (χ4v) is 2.11. The standard InChI is InChI=1S/C10H10F2O3S/c1-15-5-8(13)6-16(14)10-3-2-7(11)4-9(10)12/h2-4H,5-6H2,1H3. The van der Waals surface area contributed by atoms with E-state index in [2.05, 4.69) is 4.74 Å². The lowest BCUT2D eigenvalue weighted by Crippen LogP contribution is -2.16. The van der Waals surface area contributed by atoms with Gasteiger partial charge in [-0.1, -0.05) is 0 Å². The van der Waals surface area contributed by atoms with Crippen LogP contribution in [-0.2, 0) is 20.3 Å². The van der Waals surface area contributed by atoms with Crippen LogP contribution in [0.25, 0.3) is 0 Å². The van der Waals surface area contributed by atoms with E-state index in [1.54, 1.807) is 0 Å². The summed E-state index contributed by atoms with van der Waals surface area (Å²) in [5.41, 5.74) is 0. The Labute approximate surface area is 93.9 Å². The highest BCUT2D eigenvalue weighted by Crippen LogP contribution is 2.13. The number of benzene rings is 1. The van der Waals surface area contributed by atoms with Gasteiger partial charge in [0.25, 0.3) is 0 Å². The number of carbonyl (C=O) groups is 1. The summed E-state index contributed by atoms with van der Waals surface area (Å²) in [5, 5.41) is 0. The van der Waals surface area contributed by atoms with Gasteiger partial charge in [0.2, 0.25) is 0 Å². The molecular formula is C10H10F2O3S. The van der Waals surface area contributed by atoms with Crippen molar-refractivity contribution < 1.29 is 22.5 Å². The van der Waals surface area contributed by atoms with Gasteiger partial charge >= 0.3 is 0 Å². The van der Waals surface area contributed by atoms with E-state index in [0.717, 1.165) is 12.1 Å². The van der Waals surface area contributed by atoms with Gasteiger partial charge in [0.1, 0.15) is 18.2 Å². The molecular weight excluding hydrogens is 238 g/mol. The maximum Gasteiger partial charge on any atom is 0.171 e. The van der Waals surface area contributed by atoms with E-state index in [4.69, 9.17) is 0 Å². The molecule has 0 aliphatic carbocycles. The molecule has 0 bridgehead atoms. The van der Waals surface area contributed by atoms with Crippen LogP contribution in [0.15, 0.2) is 23.1 Å². The van der Waals surface area contributed by atoms with Gasteiger partial charge in [-0.2, -0.15) is 0 Å². The summed E-state index contributed by atoms with van der Waals surface area (Å²) in [6.45, 7) is -0.172. The molecule has 1 aromatic rings. The number of carbonyl (C=O) groups excluding carboxylic acids is 1. The van der Waals surface area contributed by atoms with Gasteiger partial charge in [0, 0.05) is 13.2 Å². The van der Waals surface area contributed by atoms with Crippen molar-refractivity contribution in [3.8, 4) is 0 Å². The van der Waals surface area contributed by atoms with E-state index >= 15 is 0 Å². The number of ketones is 1. The Bertz CT molecular complexity index is 421. The minimum atomic E-state index is -1.81. The summed E-state index contributed by atoms with van der Waals surface area (Å²) < 4.78 is 41.8. The normalized spacial score (nSPS) is 12.4. The monoisotopic (exact) mass is 248 g/mol. The van der Waals surface area contributed by atoms with Crippen LogP contribution in [-0.4, -0.2) is 29.5 Å². The molecule has 0 spiro atoms. The number of hydrogen-bond acceptors (Lipinski definition) is 3. The Balaban J connectivity index is 2.77. The number of methoxy groups -OCH3 is 1. The van der Waals surface area contributed by atoms with Gasteiger partial charge in [-0.3, -0.25) is 9.00 Å². The van der Waals surface area contributed by atoms with Crippen molar-refractivity contribution >= 4 is 16.6 Å².